The Morgan fingerprint density at radius 1 is 1.54 bits per heavy atom. The van der Waals surface area contributed by atoms with Gasteiger partial charge in [-0.2, -0.15) is 0 Å². The van der Waals surface area contributed by atoms with Crippen LogP contribution in [0.15, 0.2) is 4.42 Å². The summed E-state index contributed by atoms with van der Waals surface area (Å²) >= 11 is 5.72. The summed E-state index contributed by atoms with van der Waals surface area (Å²) in [5.74, 6) is -0.864. The molecule has 1 heterocycles. The summed E-state index contributed by atoms with van der Waals surface area (Å²) in [5.41, 5.74) is 1.39. The molecule has 0 radical (unpaired) electrons. The molecule has 0 aromatic carbocycles. The van der Waals surface area contributed by atoms with Crippen LogP contribution in [0.3, 0.4) is 0 Å². The Hall–Kier alpha value is -0.960. The molecule has 0 saturated heterocycles. The smallest absolute Gasteiger partial charge is 0.310 e. The standard InChI is InChI=1S/C9H11ClO3/c1-4-7(5(2)9(11)12)6(3)13-8(4)10/h5H,1-3H3,(H,11,12). The molecule has 3 nitrogen and oxygen atoms in total. The van der Waals surface area contributed by atoms with Crippen LogP contribution in [0, 0.1) is 13.8 Å². The van der Waals surface area contributed by atoms with Gasteiger partial charge >= 0.3 is 5.97 Å². The van der Waals surface area contributed by atoms with E-state index in [1.165, 1.54) is 0 Å². The van der Waals surface area contributed by atoms with E-state index in [2.05, 4.69) is 0 Å². The van der Waals surface area contributed by atoms with Gasteiger partial charge in [-0.25, -0.2) is 0 Å². The third-order valence-corrected chi connectivity index (χ3v) is 2.48. The lowest BCUT2D eigenvalue weighted by atomic mass is 9.98. The Morgan fingerprint density at radius 2 is 2.08 bits per heavy atom. The molecule has 1 aromatic heterocycles. The van der Waals surface area contributed by atoms with Crippen LogP contribution in [0.1, 0.15) is 29.7 Å². The van der Waals surface area contributed by atoms with Crippen LogP contribution >= 0.6 is 11.6 Å². The molecule has 1 atom stereocenters. The van der Waals surface area contributed by atoms with Crippen molar-refractivity contribution in [1.82, 2.24) is 0 Å². The fourth-order valence-electron chi connectivity index (χ4n) is 1.39. The molecular formula is C9H11ClO3. The zero-order valence-corrected chi connectivity index (χ0v) is 8.47. The van der Waals surface area contributed by atoms with Crippen LogP contribution in [-0.4, -0.2) is 11.1 Å². The second-order valence-corrected chi connectivity index (χ2v) is 3.37. The van der Waals surface area contributed by atoms with Crippen molar-refractivity contribution >= 4 is 17.6 Å². The SMILES string of the molecule is Cc1oc(Cl)c(C)c1C(C)C(=O)O. The van der Waals surface area contributed by atoms with E-state index < -0.39 is 11.9 Å². The lowest BCUT2D eigenvalue weighted by Crippen LogP contribution is -2.08. The molecule has 0 amide bonds. The second kappa shape index (κ2) is 3.42. The highest BCUT2D eigenvalue weighted by Crippen LogP contribution is 2.31. The topological polar surface area (TPSA) is 50.4 Å². The Balaban J connectivity index is 3.20. The number of rotatable bonds is 2. The molecule has 1 unspecified atom stereocenters. The van der Waals surface area contributed by atoms with Gasteiger partial charge in [-0.3, -0.25) is 4.79 Å². The van der Waals surface area contributed by atoms with Crippen molar-refractivity contribution < 1.29 is 14.3 Å². The van der Waals surface area contributed by atoms with Crippen LogP contribution in [0.25, 0.3) is 0 Å². The molecule has 0 aliphatic heterocycles. The maximum atomic E-state index is 10.7. The average Bonchev–Trinajstić information content (AvgIpc) is 2.26. The number of carboxylic acid groups (broad SMARTS) is 1. The molecule has 0 bridgehead atoms. The number of furan rings is 1. The fourth-order valence-corrected chi connectivity index (χ4v) is 1.61. The van der Waals surface area contributed by atoms with Crippen LogP contribution in [-0.2, 0) is 4.79 Å². The highest BCUT2D eigenvalue weighted by Gasteiger charge is 2.23. The zero-order valence-electron chi connectivity index (χ0n) is 7.72. The molecule has 0 aliphatic carbocycles. The van der Waals surface area contributed by atoms with Crippen molar-refractivity contribution in [2.45, 2.75) is 26.7 Å². The summed E-state index contributed by atoms with van der Waals surface area (Å²) in [6, 6.07) is 0. The Bertz CT molecular complexity index is 341. The summed E-state index contributed by atoms with van der Waals surface area (Å²) in [5, 5.41) is 9.09. The summed E-state index contributed by atoms with van der Waals surface area (Å²) in [6.07, 6.45) is 0. The first-order chi connectivity index (χ1) is 5.95. The predicted molar refractivity (Wildman–Crippen MR) is 49.2 cm³/mol. The minimum Gasteiger partial charge on any atom is -0.481 e. The average molecular weight is 203 g/mol. The summed E-state index contributed by atoms with van der Waals surface area (Å²) in [6.45, 7) is 5.09. The first-order valence-corrected chi connectivity index (χ1v) is 4.31. The number of halogens is 1. The summed E-state index contributed by atoms with van der Waals surface area (Å²) in [7, 11) is 0. The lowest BCUT2D eigenvalue weighted by Gasteiger charge is -2.05. The van der Waals surface area contributed by atoms with E-state index in [0.717, 1.165) is 0 Å². The summed E-state index contributed by atoms with van der Waals surface area (Å²) < 4.78 is 5.12. The van der Waals surface area contributed by atoms with Gasteiger partial charge in [-0.05, 0) is 32.4 Å². The number of hydrogen-bond acceptors (Lipinski definition) is 2. The quantitative estimate of drug-likeness (QED) is 0.802. The van der Waals surface area contributed by atoms with Crippen LogP contribution < -0.4 is 0 Å². The minimum atomic E-state index is -0.872. The number of hydrogen-bond donors (Lipinski definition) is 1. The second-order valence-electron chi connectivity index (χ2n) is 3.03. The number of carboxylic acids is 1. The van der Waals surface area contributed by atoms with E-state index in [1.54, 1.807) is 20.8 Å². The van der Waals surface area contributed by atoms with E-state index in [0.29, 0.717) is 16.9 Å². The molecule has 72 valence electrons. The Morgan fingerprint density at radius 3 is 2.38 bits per heavy atom. The first kappa shape index (κ1) is 10.1. The zero-order chi connectivity index (χ0) is 10.2. The molecule has 0 saturated carbocycles. The van der Waals surface area contributed by atoms with Gasteiger partial charge in [0, 0.05) is 11.1 Å². The van der Waals surface area contributed by atoms with Gasteiger partial charge in [0.05, 0.1) is 5.92 Å². The molecular weight excluding hydrogens is 192 g/mol. The maximum Gasteiger partial charge on any atom is 0.310 e. The van der Waals surface area contributed by atoms with E-state index >= 15 is 0 Å². The van der Waals surface area contributed by atoms with E-state index in [1.807, 2.05) is 0 Å². The van der Waals surface area contributed by atoms with Crippen molar-refractivity contribution in [3.63, 3.8) is 0 Å². The lowest BCUT2D eigenvalue weighted by molar-refractivity contribution is -0.138. The normalized spacial score (nSPS) is 12.9. The van der Waals surface area contributed by atoms with Gasteiger partial charge in [0.1, 0.15) is 5.76 Å². The third-order valence-electron chi connectivity index (χ3n) is 2.12. The van der Waals surface area contributed by atoms with Crippen molar-refractivity contribution in [3.8, 4) is 0 Å². The highest BCUT2D eigenvalue weighted by atomic mass is 35.5. The van der Waals surface area contributed by atoms with E-state index in [-0.39, 0.29) is 5.22 Å². The van der Waals surface area contributed by atoms with Gasteiger partial charge < -0.3 is 9.52 Å². The molecule has 1 aromatic rings. The third kappa shape index (κ3) is 1.70. The van der Waals surface area contributed by atoms with Crippen molar-refractivity contribution in [1.29, 1.82) is 0 Å². The number of aliphatic carboxylic acids is 1. The van der Waals surface area contributed by atoms with Crippen LogP contribution in [0.2, 0.25) is 5.22 Å². The van der Waals surface area contributed by atoms with Crippen molar-refractivity contribution in [2.75, 3.05) is 0 Å². The van der Waals surface area contributed by atoms with E-state index in [4.69, 9.17) is 21.1 Å². The van der Waals surface area contributed by atoms with Crippen LogP contribution in [0.4, 0.5) is 0 Å². The van der Waals surface area contributed by atoms with Crippen molar-refractivity contribution in [2.24, 2.45) is 0 Å². The molecule has 1 rings (SSSR count). The number of carbonyl (C=O) groups is 1. The monoisotopic (exact) mass is 202 g/mol. The van der Waals surface area contributed by atoms with Crippen molar-refractivity contribution in [3.05, 3.63) is 22.1 Å². The molecule has 1 N–H and O–H groups in total. The summed E-state index contributed by atoms with van der Waals surface area (Å²) in [4.78, 5) is 10.7. The molecule has 0 fully saturated rings. The highest BCUT2D eigenvalue weighted by molar-refractivity contribution is 6.29. The maximum absolute atomic E-state index is 10.7. The fraction of sp³-hybridized carbons (Fsp3) is 0.444. The molecule has 13 heavy (non-hydrogen) atoms. The first-order valence-electron chi connectivity index (χ1n) is 3.93. The minimum absolute atomic E-state index is 0.278. The van der Waals surface area contributed by atoms with Gasteiger partial charge in [-0.1, -0.05) is 0 Å². The van der Waals surface area contributed by atoms with Gasteiger partial charge in [0.25, 0.3) is 0 Å². The van der Waals surface area contributed by atoms with Gasteiger partial charge in [-0.15, -0.1) is 0 Å². The largest absolute Gasteiger partial charge is 0.481 e. The Labute approximate surface area is 81.3 Å². The van der Waals surface area contributed by atoms with Crippen LogP contribution in [0.5, 0.6) is 0 Å². The number of aryl methyl sites for hydroxylation is 1. The van der Waals surface area contributed by atoms with Gasteiger partial charge in [0.15, 0.2) is 5.22 Å². The van der Waals surface area contributed by atoms with Gasteiger partial charge in [0.2, 0.25) is 0 Å². The molecule has 0 aliphatic rings. The molecule has 4 heteroatoms. The Kier molecular flexibility index (Phi) is 2.66. The van der Waals surface area contributed by atoms with E-state index in [9.17, 15) is 4.79 Å². The predicted octanol–water partition coefficient (Wildman–Crippen LogP) is 2.74. The molecule has 0 spiro atoms.